The maximum absolute atomic E-state index is 11.8. The van der Waals surface area contributed by atoms with E-state index in [1.165, 1.54) is 11.8 Å². The summed E-state index contributed by atoms with van der Waals surface area (Å²) in [7, 11) is 1.58. The van der Waals surface area contributed by atoms with Crippen molar-refractivity contribution in [3.05, 3.63) is 59.1 Å². The third-order valence-electron chi connectivity index (χ3n) is 3.49. The van der Waals surface area contributed by atoms with Gasteiger partial charge < -0.3 is 13.9 Å². The van der Waals surface area contributed by atoms with Crippen LogP contribution in [0.3, 0.4) is 0 Å². The highest BCUT2D eigenvalue weighted by atomic mass is 35.5. The summed E-state index contributed by atoms with van der Waals surface area (Å²) in [4.78, 5) is 11.8. The Labute approximate surface area is 171 Å². The zero-order valence-electron chi connectivity index (χ0n) is 14.8. The van der Waals surface area contributed by atoms with E-state index >= 15 is 0 Å². The lowest BCUT2D eigenvalue weighted by atomic mass is 10.2. The number of nitrogens with zero attached hydrogens (tertiary/aromatic N) is 2. The number of hydrogen-bond acceptors (Lipinski definition) is 7. The molecule has 0 unspecified atom stereocenters. The van der Waals surface area contributed by atoms with Gasteiger partial charge in [0.15, 0.2) is 6.61 Å². The van der Waals surface area contributed by atoms with Gasteiger partial charge in [0.25, 0.3) is 11.1 Å². The van der Waals surface area contributed by atoms with Crippen LogP contribution in [0.2, 0.25) is 5.02 Å². The molecule has 0 saturated carbocycles. The van der Waals surface area contributed by atoms with Crippen molar-refractivity contribution < 1.29 is 18.7 Å². The normalized spacial score (nSPS) is 10.1. The summed E-state index contributed by atoms with van der Waals surface area (Å²) in [6.45, 7) is -0.00167. The fourth-order valence-corrected chi connectivity index (χ4v) is 2.83. The lowest BCUT2D eigenvalue weighted by Gasteiger charge is -2.03. The Morgan fingerprint density at radius 1 is 1.14 bits per heavy atom. The highest BCUT2D eigenvalue weighted by Crippen LogP contribution is 2.30. The molecule has 142 valence electrons. The number of ether oxygens (including phenoxy) is 2. The zero-order chi connectivity index (χ0) is 19.8. The second kappa shape index (κ2) is 9.83. The first-order valence-electron chi connectivity index (χ1n) is 8.15. The van der Waals surface area contributed by atoms with E-state index in [9.17, 15) is 4.79 Å². The van der Waals surface area contributed by atoms with E-state index in [-0.39, 0.29) is 6.61 Å². The molecule has 0 aliphatic rings. The molecule has 0 spiro atoms. The number of para-hydroxylation sites is 1. The van der Waals surface area contributed by atoms with Gasteiger partial charge in [-0.2, -0.15) is 0 Å². The van der Waals surface area contributed by atoms with Crippen molar-refractivity contribution in [1.29, 1.82) is 0 Å². The third kappa shape index (κ3) is 5.28. The van der Waals surface area contributed by atoms with Gasteiger partial charge in [0.05, 0.1) is 24.0 Å². The standard InChI is InChI=1S/C20H15ClN2O4S/c1-25-17-7-3-2-6-16(17)18-22-23-20(27-18)28-13-5-4-12-26-19(24)14-8-10-15(21)11-9-14/h2-3,6-11H,12-13H2,1H3. The molecule has 6 nitrogen and oxygen atoms in total. The van der Waals surface area contributed by atoms with Crippen molar-refractivity contribution in [2.75, 3.05) is 19.5 Å². The van der Waals surface area contributed by atoms with Crippen molar-refractivity contribution in [3.63, 3.8) is 0 Å². The Morgan fingerprint density at radius 2 is 1.93 bits per heavy atom. The van der Waals surface area contributed by atoms with Gasteiger partial charge in [-0.25, -0.2) is 4.79 Å². The molecular formula is C20H15ClN2O4S. The molecule has 1 heterocycles. The third-order valence-corrected chi connectivity index (χ3v) is 4.44. The van der Waals surface area contributed by atoms with Crippen LogP contribution in [0.5, 0.6) is 5.75 Å². The topological polar surface area (TPSA) is 74.5 Å². The van der Waals surface area contributed by atoms with Crippen LogP contribution in [0.15, 0.2) is 58.2 Å². The molecule has 0 radical (unpaired) electrons. The molecular weight excluding hydrogens is 400 g/mol. The van der Waals surface area contributed by atoms with Gasteiger partial charge >= 0.3 is 5.97 Å². The predicted molar refractivity (Wildman–Crippen MR) is 107 cm³/mol. The quantitative estimate of drug-likeness (QED) is 0.337. The number of aromatic nitrogens is 2. The van der Waals surface area contributed by atoms with Crippen LogP contribution in [-0.2, 0) is 4.74 Å². The molecule has 0 bridgehead atoms. The van der Waals surface area contributed by atoms with Crippen molar-refractivity contribution in [2.45, 2.75) is 5.22 Å². The van der Waals surface area contributed by atoms with Crippen LogP contribution in [0, 0.1) is 11.8 Å². The van der Waals surface area contributed by atoms with Gasteiger partial charge in [-0.1, -0.05) is 47.3 Å². The first-order chi connectivity index (χ1) is 13.7. The van der Waals surface area contributed by atoms with E-state index in [2.05, 4.69) is 22.0 Å². The van der Waals surface area contributed by atoms with E-state index in [1.807, 2.05) is 24.3 Å². The summed E-state index contributed by atoms with van der Waals surface area (Å²) in [5, 5.41) is 8.97. The average molecular weight is 415 g/mol. The summed E-state index contributed by atoms with van der Waals surface area (Å²) in [6.07, 6.45) is 0. The number of esters is 1. The molecule has 0 N–H and O–H groups in total. The lowest BCUT2D eigenvalue weighted by Crippen LogP contribution is -2.04. The number of benzene rings is 2. The largest absolute Gasteiger partial charge is 0.496 e. The molecule has 0 atom stereocenters. The van der Waals surface area contributed by atoms with Crippen LogP contribution >= 0.6 is 23.4 Å². The molecule has 8 heteroatoms. The molecule has 3 rings (SSSR count). The van der Waals surface area contributed by atoms with Crippen LogP contribution in [0.4, 0.5) is 0 Å². The predicted octanol–water partition coefficient (Wildman–Crippen LogP) is 4.35. The average Bonchev–Trinajstić information content (AvgIpc) is 3.19. The zero-order valence-corrected chi connectivity index (χ0v) is 16.4. The monoisotopic (exact) mass is 414 g/mol. The van der Waals surface area contributed by atoms with Crippen LogP contribution in [-0.4, -0.2) is 35.6 Å². The number of methoxy groups -OCH3 is 1. The number of thioether (sulfide) groups is 1. The smallest absolute Gasteiger partial charge is 0.339 e. The van der Waals surface area contributed by atoms with Gasteiger partial charge in [-0.15, -0.1) is 10.2 Å². The van der Waals surface area contributed by atoms with Crippen LogP contribution in [0.25, 0.3) is 11.5 Å². The number of rotatable bonds is 6. The SMILES string of the molecule is COc1ccccc1-c1nnc(SCC#CCOC(=O)c2ccc(Cl)cc2)o1. The fourth-order valence-electron chi connectivity index (χ4n) is 2.17. The Hall–Kier alpha value is -2.95. The Balaban J connectivity index is 1.47. The van der Waals surface area contributed by atoms with E-state index in [0.717, 1.165) is 5.56 Å². The Bertz CT molecular complexity index is 1010. The van der Waals surface area contributed by atoms with E-state index < -0.39 is 5.97 Å². The number of hydrogen-bond donors (Lipinski definition) is 0. The molecule has 0 aliphatic carbocycles. The minimum absolute atomic E-state index is 0.00167. The molecule has 0 fully saturated rings. The number of carbonyl (C=O) groups excluding carboxylic acids is 1. The van der Waals surface area contributed by atoms with Crippen molar-refractivity contribution in [1.82, 2.24) is 10.2 Å². The molecule has 0 amide bonds. The first kappa shape index (κ1) is 19.8. The van der Waals surface area contributed by atoms with Gasteiger partial charge in [0, 0.05) is 5.02 Å². The van der Waals surface area contributed by atoms with Crippen LogP contribution < -0.4 is 4.74 Å². The second-order valence-corrected chi connectivity index (χ2v) is 6.66. The fraction of sp³-hybridized carbons (Fsp3) is 0.150. The molecule has 0 saturated heterocycles. The van der Waals surface area contributed by atoms with Crippen molar-refractivity contribution in [2.24, 2.45) is 0 Å². The number of carbonyl (C=O) groups is 1. The highest BCUT2D eigenvalue weighted by molar-refractivity contribution is 7.99. The summed E-state index contributed by atoms with van der Waals surface area (Å²) in [6, 6.07) is 13.9. The van der Waals surface area contributed by atoms with Gasteiger partial charge in [0.2, 0.25) is 0 Å². The molecule has 0 aliphatic heterocycles. The summed E-state index contributed by atoms with van der Waals surface area (Å²) in [5.74, 6) is 6.67. The minimum atomic E-state index is -0.447. The van der Waals surface area contributed by atoms with Crippen molar-refractivity contribution in [3.8, 4) is 29.0 Å². The first-order valence-corrected chi connectivity index (χ1v) is 9.52. The minimum Gasteiger partial charge on any atom is -0.496 e. The number of halogens is 1. The summed E-state index contributed by atoms with van der Waals surface area (Å²) >= 11 is 7.08. The van der Waals surface area contributed by atoms with Crippen LogP contribution in [0.1, 0.15) is 10.4 Å². The van der Waals surface area contributed by atoms with Gasteiger partial charge in [0.1, 0.15) is 5.75 Å². The summed E-state index contributed by atoms with van der Waals surface area (Å²) < 4.78 is 16.0. The van der Waals surface area contributed by atoms with E-state index in [1.54, 1.807) is 31.4 Å². The molecule has 28 heavy (non-hydrogen) atoms. The van der Waals surface area contributed by atoms with Crippen molar-refractivity contribution >= 4 is 29.3 Å². The molecule has 3 aromatic rings. The lowest BCUT2D eigenvalue weighted by molar-refractivity contribution is 0.0556. The second-order valence-electron chi connectivity index (χ2n) is 5.30. The maximum atomic E-state index is 11.8. The Morgan fingerprint density at radius 3 is 2.71 bits per heavy atom. The molecule has 1 aromatic heterocycles. The van der Waals surface area contributed by atoms with E-state index in [4.69, 9.17) is 25.5 Å². The Kier molecular flexibility index (Phi) is 6.95. The maximum Gasteiger partial charge on any atom is 0.339 e. The van der Waals surface area contributed by atoms with Gasteiger partial charge in [-0.3, -0.25) is 0 Å². The highest BCUT2D eigenvalue weighted by Gasteiger charge is 2.12. The molecule has 2 aromatic carbocycles. The van der Waals surface area contributed by atoms with E-state index in [0.29, 0.717) is 33.2 Å². The van der Waals surface area contributed by atoms with Gasteiger partial charge in [-0.05, 0) is 36.4 Å². The summed E-state index contributed by atoms with van der Waals surface area (Å²) in [5.41, 5.74) is 1.15.